The number of aryl methyl sites for hydroxylation is 1. The molecule has 0 radical (unpaired) electrons. The first kappa shape index (κ1) is 21.0. The number of ether oxygens (including phenoxy) is 2. The Kier molecular flexibility index (Phi) is 5.75. The summed E-state index contributed by atoms with van der Waals surface area (Å²) in [7, 11) is -3.79. The first-order chi connectivity index (χ1) is 13.6. The molecule has 0 fully saturated rings. The van der Waals surface area contributed by atoms with Gasteiger partial charge >= 0.3 is 0 Å². The lowest BCUT2D eigenvalue weighted by Gasteiger charge is -2.18. The van der Waals surface area contributed by atoms with Gasteiger partial charge in [0.2, 0.25) is 5.91 Å². The third kappa shape index (κ3) is 4.64. The summed E-state index contributed by atoms with van der Waals surface area (Å²) in [6.07, 6.45) is 0.874. The molecule has 156 valence electrons. The molecule has 1 aliphatic rings. The van der Waals surface area contributed by atoms with Crippen LogP contribution in [-0.4, -0.2) is 27.5 Å². The molecular weight excluding hydrogens is 392 g/mol. The fraction of sp³-hybridized carbons (Fsp3) is 0.381. The van der Waals surface area contributed by atoms with Gasteiger partial charge in [-0.3, -0.25) is 9.52 Å². The van der Waals surface area contributed by atoms with Gasteiger partial charge in [-0.15, -0.1) is 0 Å². The highest BCUT2D eigenvalue weighted by molar-refractivity contribution is 7.92. The van der Waals surface area contributed by atoms with Crippen molar-refractivity contribution in [2.75, 3.05) is 23.3 Å². The molecule has 1 aliphatic heterocycles. The zero-order chi connectivity index (χ0) is 21.2. The predicted octanol–water partition coefficient (Wildman–Crippen LogP) is 3.94. The Bertz CT molecular complexity index is 1030. The highest BCUT2D eigenvalue weighted by Gasteiger charge is 2.32. The molecule has 2 aromatic carbocycles. The molecular formula is C21H26N2O5S. The molecule has 0 saturated heterocycles. The van der Waals surface area contributed by atoms with E-state index >= 15 is 0 Å². The van der Waals surface area contributed by atoms with Crippen LogP contribution in [0.5, 0.6) is 11.5 Å². The molecule has 2 aromatic rings. The fourth-order valence-electron chi connectivity index (χ4n) is 2.80. The van der Waals surface area contributed by atoms with Crippen LogP contribution in [0.2, 0.25) is 0 Å². The first-order valence-electron chi connectivity index (χ1n) is 9.47. The van der Waals surface area contributed by atoms with Crippen LogP contribution in [-0.2, 0) is 14.8 Å². The third-order valence-corrected chi connectivity index (χ3v) is 5.98. The lowest BCUT2D eigenvalue weighted by Crippen LogP contribution is -2.33. The minimum Gasteiger partial charge on any atom is -0.493 e. The monoisotopic (exact) mass is 418 g/mol. The largest absolute Gasteiger partial charge is 0.493 e. The van der Waals surface area contributed by atoms with Crippen LogP contribution in [0, 0.1) is 12.3 Å². The van der Waals surface area contributed by atoms with E-state index in [2.05, 4.69) is 10.0 Å². The number of hydrogen-bond donors (Lipinski definition) is 2. The quantitative estimate of drug-likeness (QED) is 0.741. The summed E-state index contributed by atoms with van der Waals surface area (Å²) in [5, 5.41) is 2.81. The van der Waals surface area contributed by atoms with Crippen LogP contribution in [0.3, 0.4) is 0 Å². The SMILES string of the molecule is CCCOc1ccc(S(=O)(=O)Nc2ccc3c(c2)OCC(C)(C)C(=O)N3)cc1C. The van der Waals surface area contributed by atoms with E-state index in [1.54, 1.807) is 44.2 Å². The molecule has 0 atom stereocenters. The van der Waals surface area contributed by atoms with Gasteiger partial charge in [-0.2, -0.15) is 0 Å². The zero-order valence-electron chi connectivity index (χ0n) is 17.0. The van der Waals surface area contributed by atoms with Crippen molar-refractivity contribution in [3.05, 3.63) is 42.0 Å². The number of sulfonamides is 1. The number of hydrogen-bond acceptors (Lipinski definition) is 5. The Morgan fingerprint density at radius 3 is 2.66 bits per heavy atom. The number of amides is 1. The Morgan fingerprint density at radius 1 is 1.21 bits per heavy atom. The molecule has 7 nitrogen and oxygen atoms in total. The molecule has 8 heteroatoms. The average Bonchev–Trinajstić information content (AvgIpc) is 2.77. The van der Waals surface area contributed by atoms with Crippen molar-refractivity contribution in [1.29, 1.82) is 0 Å². The average molecular weight is 419 g/mol. The number of benzene rings is 2. The molecule has 3 rings (SSSR count). The second-order valence-electron chi connectivity index (χ2n) is 7.72. The van der Waals surface area contributed by atoms with Crippen LogP contribution in [0.25, 0.3) is 0 Å². The minimum absolute atomic E-state index is 0.143. The molecule has 1 amide bonds. The molecule has 0 saturated carbocycles. The van der Waals surface area contributed by atoms with E-state index in [4.69, 9.17) is 9.47 Å². The number of rotatable bonds is 6. The van der Waals surface area contributed by atoms with E-state index in [0.717, 1.165) is 12.0 Å². The van der Waals surface area contributed by atoms with E-state index < -0.39 is 15.4 Å². The Labute approximate surface area is 171 Å². The van der Waals surface area contributed by atoms with Gasteiger partial charge in [0.15, 0.2) is 0 Å². The van der Waals surface area contributed by atoms with Crippen LogP contribution >= 0.6 is 0 Å². The van der Waals surface area contributed by atoms with E-state index in [1.807, 2.05) is 13.8 Å². The highest BCUT2D eigenvalue weighted by Crippen LogP contribution is 2.35. The fourth-order valence-corrected chi connectivity index (χ4v) is 3.94. The lowest BCUT2D eigenvalue weighted by molar-refractivity contribution is -0.124. The standard InChI is InChI=1S/C21H26N2O5S/c1-5-10-27-18-9-7-16(11-14(18)2)29(25,26)23-15-6-8-17-19(12-15)28-13-21(3,4)20(24)22-17/h6-9,11-12,23H,5,10,13H2,1-4H3,(H,22,24). The summed E-state index contributed by atoms with van der Waals surface area (Å²) in [6, 6.07) is 9.54. The van der Waals surface area contributed by atoms with Crippen molar-refractivity contribution in [2.45, 2.75) is 39.0 Å². The van der Waals surface area contributed by atoms with E-state index in [1.165, 1.54) is 6.07 Å². The summed E-state index contributed by atoms with van der Waals surface area (Å²) < 4.78 is 39.5. The number of carbonyl (C=O) groups is 1. The van der Waals surface area contributed by atoms with Gasteiger partial charge < -0.3 is 14.8 Å². The molecule has 0 aliphatic carbocycles. The summed E-state index contributed by atoms with van der Waals surface area (Å²) in [5.41, 5.74) is 0.924. The minimum atomic E-state index is -3.79. The molecule has 1 heterocycles. The number of nitrogens with one attached hydrogen (secondary N) is 2. The van der Waals surface area contributed by atoms with Gasteiger partial charge in [-0.05, 0) is 63.1 Å². The van der Waals surface area contributed by atoms with Crippen molar-refractivity contribution in [3.8, 4) is 11.5 Å². The highest BCUT2D eigenvalue weighted by atomic mass is 32.2. The van der Waals surface area contributed by atoms with Crippen LogP contribution in [0.1, 0.15) is 32.8 Å². The van der Waals surface area contributed by atoms with Gasteiger partial charge in [0, 0.05) is 6.07 Å². The second-order valence-corrected chi connectivity index (χ2v) is 9.40. The summed E-state index contributed by atoms with van der Waals surface area (Å²) in [6.45, 7) is 8.16. The Morgan fingerprint density at radius 2 is 1.97 bits per heavy atom. The Hall–Kier alpha value is -2.74. The van der Waals surface area contributed by atoms with Crippen LogP contribution in [0.4, 0.5) is 11.4 Å². The second kappa shape index (κ2) is 7.94. The normalized spacial score (nSPS) is 15.5. The lowest BCUT2D eigenvalue weighted by atomic mass is 9.94. The van der Waals surface area contributed by atoms with Crippen molar-refractivity contribution in [1.82, 2.24) is 0 Å². The number of fused-ring (bicyclic) bond motifs is 1. The van der Waals surface area contributed by atoms with E-state index in [-0.39, 0.29) is 17.4 Å². The summed E-state index contributed by atoms with van der Waals surface area (Å²) >= 11 is 0. The number of carbonyl (C=O) groups excluding carboxylic acids is 1. The van der Waals surface area contributed by atoms with Crippen molar-refractivity contribution in [3.63, 3.8) is 0 Å². The predicted molar refractivity (Wildman–Crippen MR) is 112 cm³/mol. The van der Waals surface area contributed by atoms with E-state index in [9.17, 15) is 13.2 Å². The van der Waals surface area contributed by atoms with Gasteiger partial charge in [-0.1, -0.05) is 6.92 Å². The van der Waals surface area contributed by atoms with Gasteiger partial charge in [0.05, 0.1) is 28.3 Å². The smallest absolute Gasteiger partial charge is 0.261 e. The molecule has 0 aromatic heterocycles. The van der Waals surface area contributed by atoms with E-state index in [0.29, 0.717) is 29.5 Å². The maximum Gasteiger partial charge on any atom is 0.261 e. The molecule has 0 spiro atoms. The first-order valence-corrected chi connectivity index (χ1v) is 11.0. The van der Waals surface area contributed by atoms with Gasteiger partial charge in [0.1, 0.15) is 18.1 Å². The molecule has 0 unspecified atom stereocenters. The van der Waals surface area contributed by atoms with Gasteiger partial charge in [-0.25, -0.2) is 8.42 Å². The van der Waals surface area contributed by atoms with Crippen molar-refractivity contribution in [2.24, 2.45) is 5.41 Å². The van der Waals surface area contributed by atoms with Crippen molar-refractivity contribution < 1.29 is 22.7 Å². The maximum atomic E-state index is 12.8. The zero-order valence-corrected chi connectivity index (χ0v) is 17.9. The Balaban J connectivity index is 1.82. The van der Waals surface area contributed by atoms with Crippen LogP contribution in [0.15, 0.2) is 41.3 Å². The van der Waals surface area contributed by atoms with Crippen molar-refractivity contribution >= 4 is 27.3 Å². The number of anilines is 2. The van der Waals surface area contributed by atoms with Crippen LogP contribution < -0.4 is 19.5 Å². The third-order valence-electron chi connectivity index (χ3n) is 4.60. The molecule has 2 N–H and O–H groups in total. The summed E-state index contributed by atoms with van der Waals surface area (Å²) in [5.74, 6) is 0.941. The summed E-state index contributed by atoms with van der Waals surface area (Å²) in [4.78, 5) is 12.4. The topological polar surface area (TPSA) is 93.7 Å². The molecule has 0 bridgehead atoms. The van der Waals surface area contributed by atoms with Gasteiger partial charge in [0.25, 0.3) is 10.0 Å². The maximum absolute atomic E-state index is 12.8. The molecule has 29 heavy (non-hydrogen) atoms.